The van der Waals surface area contributed by atoms with E-state index in [-0.39, 0.29) is 25.8 Å². The molecule has 0 radical (unpaired) electrons. The molecule has 1 rings (SSSR count). The van der Waals surface area contributed by atoms with E-state index < -0.39 is 121 Å². The first kappa shape index (κ1) is 46.3. The highest BCUT2D eigenvalue weighted by molar-refractivity contribution is 5.98. The molecule has 23 heteroatoms. The van der Waals surface area contributed by atoms with Crippen LogP contribution in [0.5, 0.6) is 0 Å². The van der Waals surface area contributed by atoms with Crippen molar-refractivity contribution < 1.29 is 63.6 Å². The zero-order valence-electron chi connectivity index (χ0n) is 30.0. The molecular formula is C31H50N10O13. The summed E-state index contributed by atoms with van der Waals surface area (Å²) < 4.78 is 0. The number of carboxylic acid groups (broad SMARTS) is 3. The van der Waals surface area contributed by atoms with Crippen molar-refractivity contribution in [2.75, 3.05) is 13.2 Å². The van der Waals surface area contributed by atoms with Gasteiger partial charge in [0, 0.05) is 18.3 Å². The fourth-order valence-electron chi connectivity index (χ4n) is 4.71. The second kappa shape index (κ2) is 23.1. The summed E-state index contributed by atoms with van der Waals surface area (Å²) in [5.41, 5.74) is 11.5. The van der Waals surface area contributed by atoms with Gasteiger partial charge in [0.15, 0.2) is 0 Å². The zero-order valence-corrected chi connectivity index (χ0v) is 30.0. The van der Waals surface area contributed by atoms with Gasteiger partial charge in [-0.1, -0.05) is 13.8 Å². The summed E-state index contributed by atoms with van der Waals surface area (Å²) >= 11 is 0. The number of aromatic nitrogens is 2. The normalized spacial score (nSPS) is 14.9. The van der Waals surface area contributed by atoms with Crippen molar-refractivity contribution in [1.29, 1.82) is 0 Å². The molecule has 0 bridgehead atoms. The Morgan fingerprint density at radius 3 is 1.69 bits per heavy atom. The fourth-order valence-corrected chi connectivity index (χ4v) is 4.71. The third-order valence-corrected chi connectivity index (χ3v) is 7.67. The van der Waals surface area contributed by atoms with E-state index in [1.165, 1.54) is 19.4 Å². The van der Waals surface area contributed by atoms with Crippen LogP contribution in [0.2, 0.25) is 0 Å². The number of aliphatic carboxylic acids is 3. The van der Waals surface area contributed by atoms with Gasteiger partial charge in [-0.25, -0.2) is 9.78 Å². The molecule has 0 saturated carbocycles. The van der Waals surface area contributed by atoms with Gasteiger partial charge < -0.3 is 68.8 Å². The number of nitrogens with zero attached hydrogens (tertiary/aromatic N) is 1. The Hall–Kier alpha value is -5.68. The highest BCUT2D eigenvalue weighted by Gasteiger charge is 2.35. The highest BCUT2D eigenvalue weighted by atomic mass is 16.4. The average molecular weight is 771 g/mol. The van der Waals surface area contributed by atoms with Crippen LogP contribution in [0.1, 0.15) is 58.6 Å². The molecule has 1 heterocycles. The molecule has 0 unspecified atom stereocenters. The average Bonchev–Trinajstić information content (AvgIpc) is 3.60. The van der Waals surface area contributed by atoms with Gasteiger partial charge in [-0.15, -0.1) is 0 Å². The number of amides is 6. The van der Waals surface area contributed by atoms with E-state index in [0.29, 0.717) is 12.1 Å². The van der Waals surface area contributed by atoms with Crippen LogP contribution in [0.3, 0.4) is 0 Å². The predicted molar refractivity (Wildman–Crippen MR) is 184 cm³/mol. The minimum Gasteiger partial charge on any atom is -0.481 e. The molecule has 0 spiro atoms. The summed E-state index contributed by atoms with van der Waals surface area (Å²) in [4.78, 5) is 119. The smallest absolute Gasteiger partial charge is 0.326 e. The molecule has 0 aliphatic rings. The van der Waals surface area contributed by atoms with Crippen molar-refractivity contribution in [3.05, 3.63) is 18.2 Å². The lowest BCUT2D eigenvalue weighted by Gasteiger charge is -2.27. The van der Waals surface area contributed by atoms with E-state index in [9.17, 15) is 58.5 Å². The Labute approximate surface area is 309 Å². The Balaban J connectivity index is 3.34. The Kier molecular flexibility index (Phi) is 19.8. The molecule has 1 aromatic rings. The maximum atomic E-state index is 13.7. The summed E-state index contributed by atoms with van der Waals surface area (Å²) in [5.74, 6) is -11.2. The van der Waals surface area contributed by atoms with Crippen LogP contribution in [-0.2, 0) is 49.6 Å². The number of nitrogens with two attached hydrogens (primary N) is 2. The number of carbonyl (C=O) groups is 9. The number of carbonyl (C=O) groups excluding carboxylic acids is 6. The molecule has 0 aromatic carbocycles. The number of imidazole rings is 1. The van der Waals surface area contributed by atoms with Crippen LogP contribution in [-0.4, -0.2) is 139 Å². The monoisotopic (exact) mass is 770 g/mol. The SMILES string of the molecule is CC(C)[C@H](NC(=O)[C@H](C)N)C(=O)N[C@@H](CC(=O)O)C(=O)N[C@@H](CCCCN)C(=O)N[C@@H](Cc1cnc[nH]1)C(=O)N[C@@H](CO)C(=O)N[C@@H](CC(=O)O)C(=O)O. The molecule has 0 saturated heterocycles. The van der Waals surface area contributed by atoms with Crippen LogP contribution < -0.4 is 43.4 Å². The van der Waals surface area contributed by atoms with Crippen LogP contribution in [0.15, 0.2) is 12.5 Å². The van der Waals surface area contributed by atoms with Crippen LogP contribution in [0.25, 0.3) is 0 Å². The van der Waals surface area contributed by atoms with E-state index in [4.69, 9.17) is 16.6 Å². The Morgan fingerprint density at radius 2 is 1.19 bits per heavy atom. The van der Waals surface area contributed by atoms with Gasteiger partial charge in [-0.2, -0.15) is 0 Å². The number of H-pyrrole nitrogens is 1. The standard InChI is InChI=1S/C31H50N10O13/c1-14(2)24(41-25(47)15(3)33)30(52)38-19(9-22(43)44)28(50)36-17(6-4-5-7-32)26(48)37-18(8-16-11-34-13-35-16)27(49)40-21(12-42)29(51)39-20(31(53)54)10-23(45)46/h11,13-15,17-21,24,42H,4-10,12,32-33H2,1-3H3,(H,34,35)(H,36,50)(H,37,48)(H,38,52)(H,39,51)(H,40,49)(H,41,47)(H,43,44)(H,45,46)(H,53,54)/t15-,17-,18-,19-,20-,21-,24-/m0/s1. The number of aromatic amines is 1. The number of hydrogen-bond donors (Lipinski definition) is 13. The maximum Gasteiger partial charge on any atom is 0.326 e. The summed E-state index contributed by atoms with van der Waals surface area (Å²) in [6.45, 7) is 3.70. The molecular weight excluding hydrogens is 720 g/mol. The molecule has 23 nitrogen and oxygen atoms in total. The third-order valence-electron chi connectivity index (χ3n) is 7.67. The van der Waals surface area contributed by atoms with Crippen molar-refractivity contribution in [1.82, 2.24) is 41.9 Å². The molecule has 7 atom stereocenters. The van der Waals surface area contributed by atoms with Gasteiger partial charge in [0.25, 0.3) is 0 Å². The largest absolute Gasteiger partial charge is 0.481 e. The quantitative estimate of drug-likeness (QED) is 0.0414. The molecule has 54 heavy (non-hydrogen) atoms. The maximum absolute atomic E-state index is 13.7. The van der Waals surface area contributed by atoms with Crippen molar-refractivity contribution in [3.8, 4) is 0 Å². The topological polar surface area (TPSA) is 387 Å². The molecule has 6 amide bonds. The molecule has 0 fully saturated rings. The summed E-state index contributed by atoms with van der Waals surface area (Å²) in [7, 11) is 0. The summed E-state index contributed by atoms with van der Waals surface area (Å²) in [6.07, 6.45) is 0.911. The van der Waals surface area contributed by atoms with Gasteiger partial charge in [-0.05, 0) is 38.6 Å². The predicted octanol–water partition coefficient (Wildman–Crippen LogP) is -4.98. The van der Waals surface area contributed by atoms with Crippen LogP contribution in [0, 0.1) is 5.92 Å². The fraction of sp³-hybridized carbons (Fsp3) is 0.613. The summed E-state index contributed by atoms with van der Waals surface area (Å²) in [6, 6.07) is -10.6. The molecule has 0 aliphatic heterocycles. The molecule has 15 N–H and O–H groups in total. The Morgan fingerprint density at radius 1 is 0.685 bits per heavy atom. The first-order chi connectivity index (χ1) is 25.3. The van der Waals surface area contributed by atoms with E-state index in [1.54, 1.807) is 13.8 Å². The number of hydrogen-bond acceptors (Lipinski definition) is 13. The van der Waals surface area contributed by atoms with Crippen molar-refractivity contribution >= 4 is 53.4 Å². The van der Waals surface area contributed by atoms with E-state index in [1.807, 2.05) is 5.32 Å². The van der Waals surface area contributed by atoms with Crippen LogP contribution in [0.4, 0.5) is 0 Å². The molecule has 1 aromatic heterocycles. The van der Waals surface area contributed by atoms with Crippen molar-refractivity contribution in [3.63, 3.8) is 0 Å². The van der Waals surface area contributed by atoms with Gasteiger partial charge in [-0.3, -0.25) is 38.4 Å². The number of nitrogens with one attached hydrogen (secondary N) is 7. The highest BCUT2D eigenvalue weighted by Crippen LogP contribution is 2.08. The number of aliphatic hydroxyl groups is 1. The number of unbranched alkanes of at least 4 members (excludes halogenated alkanes) is 1. The second-order valence-electron chi connectivity index (χ2n) is 12.6. The third kappa shape index (κ3) is 16.3. The van der Waals surface area contributed by atoms with Gasteiger partial charge >= 0.3 is 17.9 Å². The van der Waals surface area contributed by atoms with E-state index >= 15 is 0 Å². The lowest BCUT2D eigenvalue weighted by atomic mass is 10.0. The summed E-state index contributed by atoms with van der Waals surface area (Å²) in [5, 5.41) is 51.2. The first-order valence-corrected chi connectivity index (χ1v) is 16.8. The minimum atomic E-state index is -1.90. The molecule has 0 aliphatic carbocycles. The molecule has 302 valence electrons. The first-order valence-electron chi connectivity index (χ1n) is 16.8. The van der Waals surface area contributed by atoms with E-state index in [0.717, 1.165) is 0 Å². The van der Waals surface area contributed by atoms with Gasteiger partial charge in [0.2, 0.25) is 35.4 Å². The van der Waals surface area contributed by atoms with Gasteiger partial charge in [0.05, 0.1) is 31.8 Å². The Bertz CT molecular complexity index is 1470. The number of aliphatic hydroxyl groups excluding tert-OH is 1. The number of carboxylic acids is 3. The number of rotatable bonds is 25. The van der Waals surface area contributed by atoms with Crippen LogP contribution >= 0.6 is 0 Å². The minimum absolute atomic E-state index is 0.0815. The van der Waals surface area contributed by atoms with Gasteiger partial charge in [0.1, 0.15) is 36.3 Å². The second-order valence-corrected chi connectivity index (χ2v) is 12.6. The van der Waals surface area contributed by atoms with Crippen molar-refractivity contribution in [2.45, 2.75) is 102 Å². The van der Waals surface area contributed by atoms with E-state index in [2.05, 4.69) is 36.6 Å². The zero-order chi connectivity index (χ0) is 41.1. The lowest BCUT2D eigenvalue weighted by Crippen LogP contribution is -2.61. The van der Waals surface area contributed by atoms with Crippen molar-refractivity contribution in [2.24, 2.45) is 17.4 Å². The lowest BCUT2D eigenvalue weighted by molar-refractivity contribution is -0.147.